The number of carbonyl (C=O) groups is 1. The molecule has 5 heteroatoms. The van der Waals surface area contributed by atoms with Crippen LogP contribution in [0.3, 0.4) is 0 Å². The van der Waals surface area contributed by atoms with Gasteiger partial charge < -0.3 is 4.74 Å². The smallest absolute Gasteiger partial charge is 0.277 e. The maximum Gasteiger partial charge on any atom is 0.277 e. The van der Waals surface area contributed by atoms with Crippen molar-refractivity contribution in [2.75, 3.05) is 6.61 Å². The number of ether oxygens (including phenoxy) is 1. The fourth-order valence-electron chi connectivity index (χ4n) is 0.921. The minimum absolute atomic E-state index is 0.0390. The van der Waals surface area contributed by atoms with Crippen molar-refractivity contribution in [2.24, 2.45) is 5.10 Å². The number of nitrogens with zero attached hydrogens (tertiary/aromatic N) is 1. The van der Waals surface area contributed by atoms with E-state index in [4.69, 9.17) is 4.74 Å². The van der Waals surface area contributed by atoms with Gasteiger partial charge in [0.25, 0.3) is 5.91 Å². The van der Waals surface area contributed by atoms with E-state index in [-0.39, 0.29) is 12.5 Å². The fraction of sp³-hybridized carbons (Fsp3) is 0.273. The topological polar surface area (TPSA) is 50.7 Å². The van der Waals surface area contributed by atoms with E-state index < -0.39 is 0 Å². The predicted octanol–water partition coefficient (Wildman–Crippen LogP) is 2.34. The summed E-state index contributed by atoms with van der Waals surface area (Å²) in [7, 11) is 0. The van der Waals surface area contributed by atoms with Gasteiger partial charge in [-0.3, -0.25) is 4.79 Å². The van der Waals surface area contributed by atoms with Gasteiger partial charge in [0.1, 0.15) is 5.75 Å². The van der Waals surface area contributed by atoms with E-state index in [0.29, 0.717) is 5.75 Å². The third-order valence-corrected chi connectivity index (χ3v) is 2.18. The van der Waals surface area contributed by atoms with Crippen molar-refractivity contribution < 1.29 is 9.53 Å². The molecule has 0 saturated carbocycles. The van der Waals surface area contributed by atoms with Crippen molar-refractivity contribution in [3.05, 3.63) is 28.7 Å². The Morgan fingerprint density at radius 1 is 1.50 bits per heavy atom. The number of hydrogen-bond donors (Lipinski definition) is 1. The SMILES string of the molecule is CCC=NNC(=O)COc1ccc(Br)cc1. The van der Waals surface area contributed by atoms with Crippen LogP contribution in [0, 0.1) is 0 Å². The molecule has 0 aliphatic carbocycles. The van der Waals surface area contributed by atoms with Crippen LogP contribution in [0.15, 0.2) is 33.8 Å². The Morgan fingerprint density at radius 3 is 2.81 bits per heavy atom. The van der Waals surface area contributed by atoms with Gasteiger partial charge >= 0.3 is 0 Å². The molecular formula is C11H13BrN2O2. The van der Waals surface area contributed by atoms with Crippen molar-refractivity contribution >= 4 is 28.1 Å². The van der Waals surface area contributed by atoms with Crippen LogP contribution >= 0.6 is 15.9 Å². The molecule has 0 heterocycles. The maximum atomic E-state index is 11.2. The van der Waals surface area contributed by atoms with Crippen LogP contribution in [0.25, 0.3) is 0 Å². The standard InChI is InChI=1S/C11H13BrN2O2/c1-2-7-13-14-11(15)8-16-10-5-3-9(12)4-6-10/h3-7H,2,8H2,1H3,(H,14,15). The van der Waals surface area contributed by atoms with Crippen molar-refractivity contribution in [3.8, 4) is 5.75 Å². The zero-order valence-corrected chi connectivity index (χ0v) is 10.5. The van der Waals surface area contributed by atoms with E-state index in [1.807, 2.05) is 19.1 Å². The maximum absolute atomic E-state index is 11.2. The third-order valence-electron chi connectivity index (χ3n) is 1.65. The summed E-state index contributed by atoms with van der Waals surface area (Å²) in [6.45, 7) is 1.90. The highest BCUT2D eigenvalue weighted by Gasteiger charge is 2.00. The van der Waals surface area contributed by atoms with Crippen LogP contribution in [0.2, 0.25) is 0 Å². The number of benzene rings is 1. The second kappa shape index (κ2) is 7.00. The molecule has 0 fully saturated rings. The van der Waals surface area contributed by atoms with Crippen LogP contribution < -0.4 is 10.2 Å². The summed E-state index contributed by atoms with van der Waals surface area (Å²) in [6, 6.07) is 7.27. The van der Waals surface area contributed by atoms with Crippen LogP contribution in [0.1, 0.15) is 13.3 Å². The molecule has 0 unspecified atom stereocenters. The molecule has 0 radical (unpaired) electrons. The van der Waals surface area contributed by atoms with Gasteiger partial charge in [-0.2, -0.15) is 5.10 Å². The number of hydrazone groups is 1. The van der Waals surface area contributed by atoms with Gasteiger partial charge in [0.05, 0.1) is 0 Å². The molecular weight excluding hydrogens is 272 g/mol. The first-order valence-electron chi connectivity index (χ1n) is 4.91. The Labute approximate surface area is 103 Å². The van der Waals surface area contributed by atoms with E-state index in [2.05, 4.69) is 26.5 Å². The molecule has 0 aliphatic heterocycles. The lowest BCUT2D eigenvalue weighted by atomic mass is 10.3. The summed E-state index contributed by atoms with van der Waals surface area (Å²) < 4.78 is 6.22. The van der Waals surface area contributed by atoms with Gasteiger partial charge in [-0.1, -0.05) is 22.9 Å². The van der Waals surface area contributed by atoms with Gasteiger partial charge in [-0.15, -0.1) is 0 Å². The van der Waals surface area contributed by atoms with E-state index >= 15 is 0 Å². The largest absolute Gasteiger partial charge is 0.484 e. The monoisotopic (exact) mass is 284 g/mol. The number of nitrogens with one attached hydrogen (secondary N) is 1. The highest BCUT2D eigenvalue weighted by Crippen LogP contribution is 2.15. The van der Waals surface area contributed by atoms with Crippen molar-refractivity contribution in [2.45, 2.75) is 13.3 Å². The Bertz CT molecular complexity index is 363. The molecule has 86 valence electrons. The lowest BCUT2D eigenvalue weighted by molar-refractivity contribution is -0.123. The van der Waals surface area contributed by atoms with Crippen molar-refractivity contribution in [3.63, 3.8) is 0 Å². The van der Waals surface area contributed by atoms with Crippen molar-refractivity contribution in [1.82, 2.24) is 5.43 Å². The minimum atomic E-state index is -0.271. The average Bonchev–Trinajstić information content (AvgIpc) is 2.29. The summed E-state index contributed by atoms with van der Waals surface area (Å²) in [5.74, 6) is 0.380. The van der Waals surface area contributed by atoms with E-state index in [1.54, 1.807) is 18.3 Å². The van der Waals surface area contributed by atoms with Gasteiger partial charge in [0.15, 0.2) is 6.61 Å². The second-order valence-corrected chi connectivity index (χ2v) is 3.91. The molecule has 0 atom stereocenters. The lowest BCUT2D eigenvalue weighted by Gasteiger charge is -2.04. The summed E-state index contributed by atoms with van der Waals surface area (Å²) in [4.78, 5) is 11.2. The molecule has 0 saturated heterocycles. The summed E-state index contributed by atoms with van der Waals surface area (Å²) in [5, 5.41) is 3.70. The molecule has 1 aromatic carbocycles. The molecule has 0 aliphatic rings. The van der Waals surface area contributed by atoms with Gasteiger partial charge in [0.2, 0.25) is 0 Å². The van der Waals surface area contributed by atoms with Gasteiger partial charge in [-0.25, -0.2) is 5.43 Å². The molecule has 0 bridgehead atoms. The molecule has 4 nitrogen and oxygen atoms in total. The molecule has 1 amide bonds. The van der Waals surface area contributed by atoms with Crippen LogP contribution in [-0.4, -0.2) is 18.7 Å². The second-order valence-electron chi connectivity index (χ2n) is 3.00. The molecule has 1 rings (SSSR count). The highest BCUT2D eigenvalue weighted by molar-refractivity contribution is 9.10. The number of rotatable bonds is 5. The predicted molar refractivity (Wildman–Crippen MR) is 66.6 cm³/mol. The number of halogens is 1. The Hall–Kier alpha value is -1.36. The summed E-state index contributed by atoms with van der Waals surface area (Å²) in [5.41, 5.74) is 2.36. The molecule has 0 aromatic heterocycles. The van der Waals surface area contributed by atoms with Gasteiger partial charge in [0, 0.05) is 10.7 Å². The van der Waals surface area contributed by atoms with Gasteiger partial charge in [-0.05, 0) is 30.7 Å². The van der Waals surface area contributed by atoms with E-state index in [1.165, 1.54) is 0 Å². The first-order chi connectivity index (χ1) is 7.72. The quantitative estimate of drug-likeness (QED) is 0.667. The summed E-state index contributed by atoms with van der Waals surface area (Å²) in [6.07, 6.45) is 2.41. The molecule has 16 heavy (non-hydrogen) atoms. The average molecular weight is 285 g/mol. The molecule has 1 N–H and O–H groups in total. The van der Waals surface area contributed by atoms with Crippen LogP contribution in [0.5, 0.6) is 5.75 Å². The first-order valence-corrected chi connectivity index (χ1v) is 5.70. The first kappa shape index (κ1) is 12.7. The third kappa shape index (κ3) is 4.93. The Morgan fingerprint density at radius 2 is 2.19 bits per heavy atom. The lowest BCUT2D eigenvalue weighted by Crippen LogP contribution is -2.24. The Kier molecular flexibility index (Phi) is 5.56. The minimum Gasteiger partial charge on any atom is -0.484 e. The molecule has 0 spiro atoms. The van der Waals surface area contributed by atoms with Crippen LogP contribution in [-0.2, 0) is 4.79 Å². The normalized spacial score (nSPS) is 10.4. The van der Waals surface area contributed by atoms with E-state index in [0.717, 1.165) is 10.9 Å². The fourth-order valence-corrected chi connectivity index (χ4v) is 1.19. The number of carbonyl (C=O) groups excluding carboxylic acids is 1. The van der Waals surface area contributed by atoms with Crippen LogP contribution in [0.4, 0.5) is 0 Å². The highest BCUT2D eigenvalue weighted by atomic mass is 79.9. The zero-order chi connectivity index (χ0) is 11.8. The number of hydrogen-bond acceptors (Lipinski definition) is 3. The van der Waals surface area contributed by atoms with Crippen molar-refractivity contribution in [1.29, 1.82) is 0 Å². The van der Waals surface area contributed by atoms with E-state index in [9.17, 15) is 4.79 Å². The number of amides is 1. The molecule has 1 aromatic rings. The summed E-state index contributed by atoms with van der Waals surface area (Å²) >= 11 is 3.31. The Balaban J connectivity index is 2.31. The zero-order valence-electron chi connectivity index (χ0n) is 8.94.